The molecule has 1 aromatic carbocycles. The molecule has 3 rings (SSSR count). The van der Waals surface area contributed by atoms with Crippen molar-refractivity contribution in [3.8, 4) is 5.75 Å². The van der Waals surface area contributed by atoms with Crippen LogP contribution in [0.1, 0.15) is 18.2 Å². The number of para-hydroxylation sites is 1. The maximum Gasteiger partial charge on any atom is 0.244 e. The standard InChI is InChI=1S/C18H18N2O2S/c1-2-5-9-15(8-4-1)18-20-19-17(22-18)14-23-13-12-21-16-10-6-3-7-11-16/h1-8,10-11H,9,12-14H2. The molecule has 0 saturated carbocycles. The zero-order valence-corrected chi connectivity index (χ0v) is 13.5. The molecule has 0 unspecified atom stereocenters. The summed E-state index contributed by atoms with van der Waals surface area (Å²) in [6.45, 7) is 0.663. The highest BCUT2D eigenvalue weighted by Crippen LogP contribution is 2.21. The number of hydrogen-bond acceptors (Lipinski definition) is 5. The highest BCUT2D eigenvalue weighted by molar-refractivity contribution is 7.98. The second kappa shape index (κ2) is 8.39. The van der Waals surface area contributed by atoms with Gasteiger partial charge in [0.2, 0.25) is 11.8 Å². The molecule has 5 heteroatoms. The van der Waals surface area contributed by atoms with Crippen LogP contribution in [0.3, 0.4) is 0 Å². The van der Waals surface area contributed by atoms with Crippen LogP contribution in [0.5, 0.6) is 5.75 Å². The predicted octanol–water partition coefficient (Wildman–Crippen LogP) is 4.28. The number of nitrogens with zero attached hydrogens (tertiary/aromatic N) is 2. The fourth-order valence-electron chi connectivity index (χ4n) is 2.07. The third-order valence-corrected chi connectivity index (χ3v) is 4.11. The summed E-state index contributed by atoms with van der Waals surface area (Å²) >= 11 is 1.72. The van der Waals surface area contributed by atoms with E-state index in [1.54, 1.807) is 11.8 Å². The zero-order chi connectivity index (χ0) is 15.7. The van der Waals surface area contributed by atoms with E-state index in [-0.39, 0.29) is 0 Å². The Balaban J connectivity index is 1.42. The summed E-state index contributed by atoms with van der Waals surface area (Å²) in [6.07, 6.45) is 10.9. The summed E-state index contributed by atoms with van der Waals surface area (Å²) in [5.41, 5.74) is 1.05. The summed E-state index contributed by atoms with van der Waals surface area (Å²) in [6, 6.07) is 9.82. The van der Waals surface area contributed by atoms with E-state index in [0.717, 1.165) is 23.5 Å². The molecular weight excluding hydrogens is 308 g/mol. The molecule has 0 radical (unpaired) electrons. The minimum absolute atomic E-state index is 0.609. The van der Waals surface area contributed by atoms with Crippen LogP contribution in [-0.4, -0.2) is 22.6 Å². The van der Waals surface area contributed by atoms with E-state index in [4.69, 9.17) is 9.15 Å². The normalized spacial score (nSPS) is 13.7. The third kappa shape index (κ3) is 4.86. The summed E-state index contributed by atoms with van der Waals surface area (Å²) in [5.74, 6) is 3.74. The minimum Gasteiger partial charge on any atom is -0.493 e. The van der Waals surface area contributed by atoms with E-state index in [2.05, 4.69) is 16.3 Å². The van der Waals surface area contributed by atoms with Crippen molar-refractivity contribution < 1.29 is 9.15 Å². The molecule has 0 N–H and O–H groups in total. The van der Waals surface area contributed by atoms with Gasteiger partial charge in [-0.2, -0.15) is 0 Å². The molecule has 0 aliphatic heterocycles. The van der Waals surface area contributed by atoms with Crippen LogP contribution in [0, 0.1) is 0 Å². The largest absolute Gasteiger partial charge is 0.493 e. The smallest absolute Gasteiger partial charge is 0.244 e. The summed E-state index contributed by atoms with van der Waals surface area (Å²) in [7, 11) is 0. The second-order valence-electron chi connectivity index (χ2n) is 4.92. The summed E-state index contributed by atoms with van der Waals surface area (Å²) in [5, 5.41) is 8.24. The number of hydrogen-bond donors (Lipinski definition) is 0. The summed E-state index contributed by atoms with van der Waals surface area (Å²) < 4.78 is 11.4. The average molecular weight is 326 g/mol. The van der Waals surface area contributed by atoms with Gasteiger partial charge in [0.25, 0.3) is 0 Å². The topological polar surface area (TPSA) is 48.2 Å². The van der Waals surface area contributed by atoms with Gasteiger partial charge in [-0.15, -0.1) is 22.0 Å². The van der Waals surface area contributed by atoms with Gasteiger partial charge in [0.05, 0.1) is 12.4 Å². The first-order valence-electron chi connectivity index (χ1n) is 7.52. The van der Waals surface area contributed by atoms with Crippen LogP contribution in [0.25, 0.3) is 5.57 Å². The molecule has 118 valence electrons. The SMILES string of the molecule is C1=CC=C(c2nnc(CSCCOc3ccccc3)o2)CC=C1. The van der Waals surface area contributed by atoms with Gasteiger partial charge in [0.1, 0.15) is 5.75 Å². The van der Waals surface area contributed by atoms with Crippen molar-refractivity contribution >= 4 is 17.3 Å². The quantitative estimate of drug-likeness (QED) is 0.711. The van der Waals surface area contributed by atoms with Crippen molar-refractivity contribution in [2.24, 2.45) is 0 Å². The maximum atomic E-state index is 5.72. The lowest BCUT2D eigenvalue weighted by Gasteiger charge is -2.04. The van der Waals surface area contributed by atoms with Crippen molar-refractivity contribution in [3.05, 3.63) is 72.5 Å². The molecule has 4 nitrogen and oxygen atoms in total. The highest BCUT2D eigenvalue weighted by Gasteiger charge is 2.10. The van der Waals surface area contributed by atoms with Crippen LogP contribution >= 0.6 is 11.8 Å². The molecule has 0 bridgehead atoms. The summed E-state index contributed by atoms with van der Waals surface area (Å²) in [4.78, 5) is 0. The Hall–Kier alpha value is -2.27. The Labute approximate surface area is 140 Å². The zero-order valence-electron chi connectivity index (χ0n) is 12.7. The van der Waals surface area contributed by atoms with Crippen LogP contribution < -0.4 is 4.74 Å². The number of aromatic nitrogens is 2. The van der Waals surface area contributed by atoms with Crippen LogP contribution in [0.4, 0.5) is 0 Å². The van der Waals surface area contributed by atoms with Gasteiger partial charge in [-0.3, -0.25) is 0 Å². The first kappa shape index (κ1) is 15.6. The number of allylic oxidation sites excluding steroid dienone is 6. The molecule has 1 heterocycles. The van der Waals surface area contributed by atoms with Gasteiger partial charge >= 0.3 is 0 Å². The third-order valence-electron chi connectivity index (χ3n) is 3.20. The van der Waals surface area contributed by atoms with Gasteiger partial charge in [-0.1, -0.05) is 48.6 Å². The van der Waals surface area contributed by atoms with E-state index < -0.39 is 0 Å². The maximum absolute atomic E-state index is 5.72. The molecule has 23 heavy (non-hydrogen) atoms. The van der Waals surface area contributed by atoms with Gasteiger partial charge in [0.15, 0.2) is 0 Å². The lowest BCUT2D eigenvalue weighted by Crippen LogP contribution is -2.00. The van der Waals surface area contributed by atoms with E-state index in [0.29, 0.717) is 24.1 Å². The van der Waals surface area contributed by atoms with E-state index in [9.17, 15) is 0 Å². The molecule has 1 aliphatic rings. The fraction of sp³-hybridized carbons (Fsp3) is 0.222. The second-order valence-corrected chi connectivity index (χ2v) is 6.03. The van der Waals surface area contributed by atoms with Gasteiger partial charge in [-0.05, 0) is 18.6 Å². The lowest BCUT2D eigenvalue weighted by molar-refractivity contribution is 0.344. The Morgan fingerprint density at radius 2 is 2.00 bits per heavy atom. The Bertz CT molecular complexity index is 705. The lowest BCUT2D eigenvalue weighted by atomic mass is 10.2. The van der Waals surface area contributed by atoms with Crippen molar-refractivity contribution in [1.82, 2.24) is 10.2 Å². The van der Waals surface area contributed by atoms with E-state index in [1.807, 2.05) is 54.6 Å². The van der Waals surface area contributed by atoms with Gasteiger partial charge in [-0.25, -0.2) is 0 Å². The molecule has 1 aromatic heterocycles. The first-order chi connectivity index (χ1) is 11.4. The molecule has 0 spiro atoms. The Morgan fingerprint density at radius 3 is 2.91 bits per heavy atom. The Kier molecular flexibility index (Phi) is 5.69. The molecule has 0 fully saturated rings. The van der Waals surface area contributed by atoms with Crippen LogP contribution in [-0.2, 0) is 5.75 Å². The van der Waals surface area contributed by atoms with E-state index >= 15 is 0 Å². The number of ether oxygens (including phenoxy) is 1. The van der Waals surface area contributed by atoms with E-state index in [1.165, 1.54) is 0 Å². The molecular formula is C18H18N2O2S. The Morgan fingerprint density at radius 1 is 1.09 bits per heavy atom. The number of benzene rings is 1. The molecule has 0 amide bonds. The van der Waals surface area contributed by atoms with Crippen molar-refractivity contribution in [1.29, 1.82) is 0 Å². The first-order valence-corrected chi connectivity index (χ1v) is 8.68. The minimum atomic E-state index is 0.609. The van der Waals surface area contributed by atoms with Crippen LogP contribution in [0.2, 0.25) is 0 Å². The molecule has 2 aromatic rings. The highest BCUT2D eigenvalue weighted by atomic mass is 32.2. The van der Waals surface area contributed by atoms with Crippen molar-refractivity contribution in [2.75, 3.05) is 12.4 Å². The number of rotatable bonds is 7. The monoisotopic (exact) mass is 326 g/mol. The van der Waals surface area contributed by atoms with Crippen LogP contribution in [0.15, 0.2) is 65.1 Å². The van der Waals surface area contributed by atoms with Crippen molar-refractivity contribution in [2.45, 2.75) is 12.2 Å². The fourth-order valence-corrected chi connectivity index (χ4v) is 2.71. The average Bonchev–Trinajstić information content (AvgIpc) is 2.89. The van der Waals surface area contributed by atoms with Gasteiger partial charge < -0.3 is 9.15 Å². The molecule has 0 saturated heterocycles. The predicted molar refractivity (Wildman–Crippen MR) is 93.3 cm³/mol. The van der Waals surface area contributed by atoms with Crippen molar-refractivity contribution in [3.63, 3.8) is 0 Å². The van der Waals surface area contributed by atoms with Gasteiger partial charge in [0, 0.05) is 11.3 Å². The molecule has 0 atom stereocenters. The number of thioether (sulfide) groups is 1. The molecule has 1 aliphatic carbocycles.